The standard InChI is InChI=1S/C20H23N/c1-17-6-5-15-21(17)16-20-13-11-19(12-14-20)10-9-18-7-3-2-4-8-18/h2-4,7-14,17H,5-6,15-16H2,1H3/b10-9+/t17-/m1/s1. The number of rotatable bonds is 4. The summed E-state index contributed by atoms with van der Waals surface area (Å²) in [6, 6.07) is 20.1. The molecule has 0 spiro atoms. The van der Waals surface area contributed by atoms with E-state index < -0.39 is 0 Å². The number of benzene rings is 2. The Morgan fingerprint density at radius 3 is 2.24 bits per heavy atom. The maximum atomic E-state index is 2.58. The predicted octanol–water partition coefficient (Wildman–Crippen LogP) is 4.84. The summed E-state index contributed by atoms with van der Waals surface area (Å²) >= 11 is 0. The molecule has 1 nitrogen and oxygen atoms in total. The monoisotopic (exact) mass is 277 g/mol. The number of nitrogens with zero attached hydrogens (tertiary/aromatic N) is 1. The molecule has 1 aliphatic heterocycles. The largest absolute Gasteiger partial charge is 0.296 e. The van der Waals surface area contributed by atoms with Gasteiger partial charge in [0.2, 0.25) is 0 Å². The molecule has 1 heterocycles. The molecule has 1 atom stereocenters. The molecule has 2 aromatic carbocycles. The van der Waals surface area contributed by atoms with Gasteiger partial charge in [-0.05, 0) is 43.0 Å². The van der Waals surface area contributed by atoms with Crippen molar-refractivity contribution in [2.75, 3.05) is 6.54 Å². The molecule has 21 heavy (non-hydrogen) atoms. The Labute approximate surface area is 127 Å². The van der Waals surface area contributed by atoms with Crippen molar-refractivity contribution in [1.29, 1.82) is 0 Å². The van der Waals surface area contributed by atoms with E-state index in [0.29, 0.717) is 0 Å². The van der Waals surface area contributed by atoms with Crippen molar-refractivity contribution >= 4 is 12.2 Å². The van der Waals surface area contributed by atoms with Crippen molar-refractivity contribution in [3.05, 3.63) is 71.3 Å². The van der Waals surface area contributed by atoms with Gasteiger partial charge in [-0.25, -0.2) is 0 Å². The maximum absolute atomic E-state index is 2.58. The molecule has 0 aromatic heterocycles. The lowest BCUT2D eigenvalue weighted by Crippen LogP contribution is -2.26. The molecule has 0 saturated carbocycles. The van der Waals surface area contributed by atoms with E-state index in [9.17, 15) is 0 Å². The summed E-state index contributed by atoms with van der Waals surface area (Å²) in [5.74, 6) is 0. The molecule has 2 aromatic rings. The highest BCUT2D eigenvalue weighted by Crippen LogP contribution is 2.19. The number of hydrogen-bond donors (Lipinski definition) is 0. The minimum atomic E-state index is 0.739. The van der Waals surface area contributed by atoms with Gasteiger partial charge < -0.3 is 0 Å². The van der Waals surface area contributed by atoms with Crippen LogP contribution < -0.4 is 0 Å². The first-order valence-corrected chi connectivity index (χ1v) is 7.87. The summed E-state index contributed by atoms with van der Waals surface area (Å²) in [5.41, 5.74) is 3.92. The zero-order valence-corrected chi connectivity index (χ0v) is 12.7. The highest BCUT2D eigenvalue weighted by atomic mass is 15.2. The van der Waals surface area contributed by atoms with Gasteiger partial charge in [-0.15, -0.1) is 0 Å². The fraction of sp³-hybridized carbons (Fsp3) is 0.300. The Morgan fingerprint density at radius 1 is 0.952 bits per heavy atom. The molecule has 1 heteroatoms. The van der Waals surface area contributed by atoms with Crippen molar-refractivity contribution < 1.29 is 0 Å². The third-order valence-electron chi connectivity index (χ3n) is 4.32. The first-order valence-electron chi connectivity index (χ1n) is 7.87. The Hall–Kier alpha value is -1.86. The average Bonchev–Trinajstić information content (AvgIpc) is 2.93. The molecular formula is C20H23N. The van der Waals surface area contributed by atoms with E-state index in [0.717, 1.165) is 12.6 Å². The van der Waals surface area contributed by atoms with E-state index >= 15 is 0 Å². The van der Waals surface area contributed by atoms with Crippen LogP contribution in [0.1, 0.15) is 36.5 Å². The van der Waals surface area contributed by atoms with Crippen LogP contribution in [0.2, 0.25) is 0 Å². The van der Waals surface area contributed by atoms with Gasteiger partial charge in [0.05, 0.1) is 0 Å². The molecule has 0 amide bonds. The zero-order chi connectivity index (χ0) is 14.5. The lowest BCUT2D eigenvalue weighted by Gasteiger charge is -2.20. The van der Waals surface area contributed by atoms with Crippen LogP contribution in [0.15, 0.2) is 54.6 Å². The van der Waals surface area contributed by atoms with Crippen molar-refractivity contribution in [3.8, 4) is 0 Å². The lowest BCUT2D eigenvalue weighted by molar-refractivity contribution is 0.260. The molecule has 0 aliphatic carbocycles. The van der Waals surface area contributed by atoms with Crippen LogP contribution in [0.3, 0.4) is 0 Å². The van der Waals surface area contributed by atoms with Crippen molar-refractivity contribution in [1.82, 2.24) is 4.90 Å². The smallest absolute Gasteiger partial charge is 0.0236 e. The van der Waals surface area contributed by atoms with Gasteiger partial charge in [0.15, 0.2) is 0 Å². The summed E-state index contributed by atoms with van der Waals surface area (Å²) in [6.45, 7) is 4.67. The third-order valence-corrected chi connectivity index (χ3v) is 4.32. The summed E-state index contributed by atoms with van der Waals surface area (Å²) in [4.78, 5) is 2.58. The van der Waals surface area contributed by atoms with Gasteiger partial charge in [-0.1, -0.05) is 66.7 Å². The summed E-state index contributed by atoms with van der Waals surface area (Å²) in [7, 11) is 0. The fourth-order valence-electron chi connectivity index (χ4n) is 2.95. The summed E-state index contributed by atoms with van der Waals surface area (Å²) < 4.78 is 0. The lowest BCUT2D eigenvalue weighted by atomic mass is 10.1. The first-order chi connectivity index (χ1) is 10.3. The van der Waals surface area contributed by atoms with Gasteiger partial charge in [0.25, 0.3) is 0 Å². The molecular weight excluding hydrogens is 254 g/mol. The van der Waals surface area contributed by atoms with Crippen LogP contribution in [-0.2, 0) is 6.54 Å². The molecule has 0 bridgehead atoms. The Bertz CT molecular complexity index is 583. The minimum absolute atomic E-state index is 0.739. The van der Waals surface area contributed by atoms with E-state index in [4.69, 9.17) is 0 Å². The van der Waals surface area contributed by atoms with Gasteiger partial charge in [0.1, 0.15) is 0 Å². The fourth-order valence-corrected chi connectivity index (χ4v) is 2.95. The second kappa shape index (κ2) is 6.73. The molecule has 1 saturated heterocycles. The molecule has 0 unspecified atom stereocenters. The topological polar surface area (TPSA) is 3.24 Å². The second-order valence-electron chi connectivity index (χ2n) is 5.95. The normalized spacial score (nSPS) is 19.4. The molecule has 0 N–H and O–H groups in total. The highest BCUT2D eigenvalue weighted by molar-refractivity contribution is 5.69. The summed E-state index contributed by atoms with van der Waals surface area (Å²) in [5, 5.41) is 0. The van der Waals surface area contributed by atoms with Crippen LogP contribution in [0, 0.1) is 0 Å². The van der Waals surface area contributed by atoms with Crippen molar-refractivity contribution in [2.45, 2.75) is 32.4 Å². The van der Waals surface area contributed by atoms with Crippen molar-refractivity contribution in [3.63, 3.8) is 0 Å². The van der Waals surface area contributed by atoms with Crippen LogP contribution >= 0.6 is 0 Å². The molecule has 0 radical (unpaired) electrons. The van der Waals surface area contributed by atoms with Gasteiger partial charge in [0, 0.05) is 12.6 Å². The Kier molecular flexibility index (Phi) is 4.52. The van der Waals surface area contributed by atoms with E-state index in [1.54, 1.807) is 0 Å². The molecule has 108 valence electrons. The van der Waals surface area contributed by atoms with Crippen LogP contribution in [0.4, 0.5) is 0 Å². The molecule has 3 rings (SSSR count). The van der Waals surface area contributed by atoms with Crippen molar-refractivity contribution in [2.24, 2.45) is 0 Å². The van der Waals surface area contributed by atoms with E-state index in [1.807, 2.05) is 6.07 Å². The quantitative estimate of drug-likeness (QED) is 0.723. The highest BCUT2D eigenvalue weighted by Gasteiger charge is 2.19. The van der Waals surface area contributed by atoms with Gasteiger partial charge in [-0.2, -0.15) is 0 Å². The molecule has 1 aliphatic rings. The van der Waals surface area contributed by atoms with Crippen LogP contribution in [0.25, 0.3) is 12.2 Å². The van der Waals surface area contributed by atoms with Crippen LogP contribution in [-0.4, -0.2) is 17.5 Å². The second-order valence-corrected chi connectivity index (χ2v) is 5.95. The molecule has 1 fully saturated rings. The first kappa shape index (κ1) is 14.1. The van der Waals surface area contributed by atoms with E-state index in [1.165, 1.54) is 36.1 Å². The number of likely N-dealkylation sites (tertiary alicyclic amines) is 1. The van der Waals surface area contributed by atoms with Gasteiger partial charge in [-0.3, -0.25) is 4.90 Å². The predicted molar refractivity (Wildman–Crippen MR) is 90.9 cm³/mol. The van der Waals surface area contributed by atoms with Crippen LogP contribution in [0.5, 0.6) is 0 Å². The zero-order valence-electron chi connectivity index (χ0n) is 12.7. The number of hydrogen-bond acceptors (Lipinski definition) is 1. The average molecular weight is 277 g/mol. The summed E-state index contributed by atoms with van der Waals surface area (Å²) in [6.07, 6.45) is 7.03. The maximum Gasteiger partial charge on any atom is 0.0236 e. The Morgan fingerprint density at radius 2 is 1.62 bits per heavy atom. The third kappa shape index (κ3) is 3.83. The SMILES string of the molecule is C[C@@H]1CCCN1Cc1ccc(/C=C/c2ccccc2)cc1. The van der Waals surface area contributed by atoms with E-state index in [-0.39, 0.29) is 0 Å². The van der Waals surface area contributed by atoms with Gasteiger partial charge >= 0.3 is 0 Å². The Balaban J connectivity index is 1.63. The minimum Gasteiger partial charge on any atom is -0.296 e. The van der Waals surface area contributed by atoms with E-state index in [2.05, 4.69) is 72.5 Å².